The molecule has 2 heterocycles. The lowest BCUT2D eigenvalue weighted by Gasteiger charge is -2.36. The van der Waals surface area contributed by atoms with Crippen molar-refractivity contribution >= 4 is 5.91 Å². The van der Waals surface area contributed by atoms with Crippen molar-refractivity contribution in [1.29, 1.82) is 0 Å². The summed E-state index contributed by atoms with van der Waals surface area (Å²) in [5, 5.41) is 42.1. The van der Waals surface area contributed by atoms with E-state index in [0.29, 0.717) is 44.1 Å². The quantitative estimate of drug-likeness (QED) is 0.223. The summed E-state index contributed by atoms with van der Waals surface area (Å²) in [4.78, 5) is 16.3. The van der Waals surface area contributed by atoms with E-state index >= 15 is 0 Å². The Morgan fingerprint density at radius 3 is 2.49 bits per heavy atom. The number of piperazine rings is 1. The molecule has 0 radical (unpaired) electrons. The van der Waals surface area contributed by atoms with Crippen LogP contribution in [0, 0.1) is 11.7 Å². The summed E-state index contributed by atoms with van der Waals surface area (Å²) in [6.07, 6.45) is 2.01. The number of amides is 1. The third-order valence-corrected chi connectivity index (χ3v) is 7.48. The van der Waals surface area contributed by atoms with Gasteiger partial charge in [-0.2, -0.15) is 0 Å². The average molecular weight is 526 g/mol. The monoisotopic (exact) mass is 525 g/mol. The second kappa shape index (κ2) is 15.6. The molecule has 0 spiro atoms. The maximum atomic E-state index is 14.6. The number of unbranched alkanes of at least 4 members (excludes halogenated alkanes) is 1. The van der Waals surface area contributed by atoms with Crippen molar-refractivity contribution in [3.05, 3.63) is 29.6 Å². The molecule has 1 aromatic carbocycles. The smallest absolute Gasteiger partial charge is 0.227 e. The largest absolute Gasteiger partial charge is 0.493 e. The van der Waals surface area contributed by atoms with Crippen LogP contribution < -0.4 is 10.1 Å². The van der Waals surface area contributed by atoms with Crippen molar-refractivity contribution in [1.82, 2.24) is 15.1 Å². The van der Waals surface area contributed by atoms with Crippen molar-refractivity contribution in [3.63, 3.8) is 0 Å². The number of aliphatic hydroxyl groups excluding tert-OH is 4. The van der Waals surface area contributed by atoms with E-state index in [1.165, 1.54) is 25.3 Å². The van der Waals surface area contributed by atoms with Gasteiger partial charge in [0.15, 0.2) is 0 Å². The van der Waals surface area contributed by atoms with E-state index in [4.69, 9.17) is 9.84 Å². The SMILES string of the molecule is O=C(Cc1ccc(OCCCCC2CCNCC2)cc1F)N1CCN(CC(O)C(O)C(O)CCO)CC1. The van der Waals surface area contributed by atoms with E-state index in [1.807, 2.05) is 4.90 Å². The Morgan fingerprint density at radius 1 is 1.08 bits per heavy atom. The summed E-state index contributed by atoms with van der Waals surface area (Å²) in [6, 6.07) is 4.68. The van der Waals surface area contributed by atoms with E-state index in [0.717, 1.165) is 31.8 Å². The minimum Gasteiger partial charge on any atom is -0.493 e. The topological polar surface area (TPSA) is 126 Å². The molecule has 2 aliphatic rings. The fourth-order valence-electron chi connectivity index (χ4n) is 5.04. The lowest BCUT2D eigenvalue weighted by atomic mass is 9.93. The first-order valence-corrected chi connectivity index (χ1v) is 13.6. The highest BCUT2D eigenvalue weighted by Gasteiger charge is 2.28. The number of hydrogen-bond donors (Lipinski definition) is 5. The van der Waals surface area contributed by atoms with Gasteiger partial charge in [-0.3, -0.25) is 9.69 Å². The molecule has 1 amide bonds. The number of nitrogens with one attached hydrogen (secondary N) is 1. The van der Waals surface area contributed by atoms with Crippen LogP contribution in [0.15, 0.2) is 18.2 Å². The van der Waals surface area contributed by atoms with Crippen molar-refractivity contribution in [2.24, 2.45) is 5.92 Å². The third kappa shape index (κ3) is 9.77. The van der Waals surface area contributed by atoms with Crippen molar-refractivity contribution < 1.29 is 34.3 Å². The highest BCUT2D eigenvalue weighted by atomic mass is 19.1. The van der Waals surface area contributed by atoms with Crippen LogP contribution >= 0.6 is 0 Å². The molecule has 3 rings (SSSR count). The van der Waals surface area contributed by atoms with E-state index < -0.39 is 24.1 Å². The molecule has 2 aliphatic heterocycles. The molecule has 3 atom stereocenters. The number of piperidine rings is 1. The molecule has 0 saturated carbocycles. The molecule has 0 bridgehead atoms. The van der Waals surface area contributed by atoms with Crippen LogP contribution in [0.3, 0.4) is 0 Å². The number of β-amino-alcohol motifs (C(OH)–C–C–N with tert-alkyl or cyclic N) is 1. The second-order valence-electron chi connectivity index (χ2n) is 10.3. The van der Waals surface area contributed by atoms with E-state index in [9.17, 15) is 24.5 Å². The van der Waals surface area contributed by atoms with Crippen molar-refractivity contribution in [2.45, 2.75) is 63.3 Å². The first-order chi connectivity index (χ1) is 17.9. The van der Waals surface area contributed by atoms with Gasteiger partial charge in [0.1, 0.15) is 17.7 Å². The van der Waals surface area contributed by atoms with Crippen LogP contribution in [0.25, 0.3) is 0 Å². The van der Waals surface area contributed by atoms with E-state index in [-0.39, 0.29) is 31.9 Å². The van der Waals surface area contributed by atoms with Gasteiger partial charge in [-0.1, -0.05) is 12.5 Å². The molecule has 1 aromatic rings. The Labute approximate surface area is 219 Å². The number of nitrogens with zero attached hydrogens (tertiary/aromatic N) is 2. The van der Waals surface area contributed by atoms with Gasteiger partial charge in [0, 0.05) is 45.4 Å². The number of carbonyl (C=O) groups excluding carboxylic acids is 1. The minimum atomic E-state index is -1.35. The summed E-state index contributed by atoms with van der Waals surface area (Å²) in [5.41, 5.74) is 0.335. The molecule has 2 saturated heterocycles. The molecule has 210 valence electrons. The zero-order valence-corrected chi connectivity index (χ0v) is 21.7. The highest BCUT2D eigenvalue weighted by Crippen LogP contribution is 2.21. The van der Waals surface area contributed by atoms with Gasteiger partial charge >= 0.3 is 0 Å². The normalized spacial score (nSPS) is 20.0. The van der Waals surface area contributed by atoms with E-state index in [2.05, 4.69) is 5.32 Å². The van der Waals surface area contributed by atoms with Gasteiger partial charge in [0.2, 0.25) is 5.91 Å². The Balaban J connectivity index is 1.35. The molecule has 2 fully saturated rings. The number of ether oxygens (including phenoxy) is 1. The van der Waals surface area contributed by atoms with Crippen LogP contribution in [-0.2, 0) is 11.2 Å². The zero-order chi connectivity index (χ0) is 26.6. The van der Waals surface area contributed by atoms with Gasteiger partial charge in [0.25, 0.3) is 0 Å². The molecule has 9 nitrogen and oxygen atoms in total. The number of benzene rings is 1. The Morgan fingerprint density at radius 2 is 1.81 bits per heavy atom. The molecule has 5 N–H and O–H groups in total. The molecule has 0 aromatic heterocycles. The number of carbonyl (C=O) groups is 1. The van der Waals surface area contributed by atoms with Gasteiger partial charge < -0.3 is 35.4 Å². The Kier molecular flexibility index (Phi) is 12.5. The zero-order valence-electron chi connectivity index (χ0n) is 21.7. The molecule has 3 unspecified atom stereocenters. The number of aliphatic hydroxyl groups is 4. The minimum absolute atomic E-state index is 0.0111. The average Bonchev–Trinajstić information content (AvgIpc) is 2.90. The van der Waals surface area contributed by atoms with Crippen LogP contribution in [0.2, 0.25) is 0 Å². The summed E-state index contributed by atoms with van der Waals surface area (Å²) in [5.74, 6) is 0.672. The molecular weight excluding hydrogens is 481 g/mol. The third-order valence-electron chi connectivity index (χ3n) is 7.48. The van der Waals surface area contributed by atoms with Crippen molar-refractivity contribution in [3.8, 4) is 5.75 Å². The van der Waals surface area contributed by atoms with Crippen LogP contribution in [0.4, 0.5) is 4.39 Å². The lowest BCUT2D eigenvalue weighted by Crippen LogP contribution is -2.53. The van der Waals surface area contributed by atoms with Crippen LogP contribution in [0.1, 0.15) is 44.1 Å². The fourth-order valence-corrected chi connectivity index (χ4v) is 5.04. The van der Waals surface area contributed by atoms with Gasteiger partial charge in [-0.25, -0.2) is 4.39 Å². The van der Waals surface area contributed by atoms with Gasteiger partial charge in [0.05, 0.1) is 25.2 Å². The van der Waals surface area contributed by atoms with Gasteiger partial charge in [-0.15, -0.1) is 0 Å². The van der Waals surface area contributed by atoms with Crippen molar-refractivity contribution in [2.75, 3.05) is 59.0 Å². The molecule has 0 aliphatic carbocycles. The molecule has 37 heavy (non-hydrogen) atoms. The Bertz CT molecular complexity index is 817. The summed E-state index contributed by atoms with van der Waals surface area (Å²) in [7, 11) is 0. The van der Waals surface area contributed by atoms with Crippen LogP contribution in [0.5, 0.6) is 5.75 Å². The van der Waals surface area contributed by atoms with Gasteiger partial charge in [-0.05, 0) is 62.7 Å². The second-order valence-corrected chi connectivity index (χ2v) is 10.3. The Hall–Kier alpha value is -1.82. The maximum absolute atomic E-state index is 14.6. The number of halogens is 1. The molecular formula is C27H44FN3O6. The predicted octanol–water partition coefficient (Wildman–Crippen LogP) is 0.526. The molecule has 10 heteroatoms. The summed E-state index contributed by atoms with van der Waals surface area (Å²) < 4.78 is 20.4. The maximum Gasteiger partial charge on any atom is 0.227 e. The number of hydrogen-bond acceptors (Lipinski definition) is 8. The highest BCUT2D eigenvalue weighted by molar-refractivity contribution is 5.79. The summed E-state index contributed by atoms with van der Waals surface area (Å²) >= 11 is 0. The lowest BCUT2D eigenvalue weighted by molar-refractivity contribution is -0.132. The predicted molar refractivity (Wildman–Crippen MR) is 138 cm³/mol. The fraction of sp³-hybridized carbons (Fsp3) is 0.741. The van der Waals surface area contributed by atoms with E-state index in [1.54, 1.807) is 17.0 Å². The first-order valence-electron chi connectivity index (χ1n) is 13.6. The number of rotatable bonds is 14. The first kappa shape index (κ1) is 29.7. The summed E-state index contributed by atoms with van der Waals surface area (Å²) in [6.45, 7) is 4.51. The standard InChI is InChI=1S/C27H44FN3O6/c28-23-18-22(37-16-2-1-3-20-6-9-29-10-7-20)5-4-21(23)17-26(35)31-13-11-30(12-14-31)19-25(34)27(36)24(33)8-15-32/h4-5,18,20,24-25,27,29,32-34,36H,1-3,6-17,19H2. The van der Waals surface area contributed by atoms with Crippen LogP contribution in [-0.4, -0.2) is 113 Å².